The van der Waals surface area contributed by atoms with Gasteiger partial charge < -0.3 is 4.90 Å². The number of nitrogens with one attached hydrogen (secondary N) is 1. The summed E-state index contributed by atoms with van der Waals surface area (Å²) in [5.41, 5.74) is 3.19. The fraction of sp³-hybridized carbons (Fsp3) is 0.611. The number of thioether (sulfide) groups is 1. The smallest absolute Gasteiger partial charge is 0.335 e. The summed E-state index contributed by atoms with van der Waals surface area (Å²) in [6, 6.07) is 5.89. The quantitative estimate of drug-likeness (QED) is 0.365. The van der Waals surface area contributed by atoms with Gasteiger partial charge in [0.2, 0.25) is 5.91 Å². The first kappa shape index (κ1) is 23.1. The Labute approximate surface area is 162 Å². The first-order chi connectivity index (χ1) is 12.0. The third-order valence-corrected chi connectivity index (χ3v) is 5.19. The first-order valence-electron chi connectivity index (χ1n) is 8.37. The molecule has 0 saturated heterocycles. The van der Waals surface area contributed by atoms with E-state index in [9.17, 15) is 18.0 Å². The molecule has 0 aliphatic rings. The number of carbonyl (C=O) groups excluding carboxylic acids is 1. The zero-order chi connectivity index (χ0) is 19.9. The molecule has 3 nitrogen and oxygen atoms in total. The number of carbonyl (C=O) groups is 1. The fourth-order valence-corrected chi connectivity index (χ4v) is 4.04. The average Bonchev–Trinajstić information content (AvgIpc) is 2.50. The molecular weight excluding hydrogens is 385 g/mol. The number of nitrogens with zero attached hydrogens (tertiary/aromatic N) is 1. The highest BCUT2D eigenvalue weighted by atomic mass is 35.5. The Morgan fingerprint density at radius 3 is 2.35 bits per heavy atom. The second-order valence-electron chi connectivity index (χ2n) is 6.41. The van der Waals surface area contributed by atoms with E-state index in [0.717, 1.165) is 21.6 Å². The Hall–Kier alpha value is -0.920. The van der Waals surface area contributed by atoms with Crippen LogP contribution in [0.3, 0.4) is 0 Å². The van der Waals surface area contributed by atoms with Crippen molar-refractivity contribution in [1.82, 2.24) is 10.2 Å². The molecule has 1 rings (SSSR count). The van der Waals surface area contributed by atoms with Crippen LogP contribution in [0.25, 0.3) is 0 Å². The average molecular weight is 411 g/mol. The number of halogens is 4. The van der Waals surface area contributed by atoms with E-state index in [1.165, 1.54) is 18.8 Å². The van der Waals surface area contributed by atoms with Crippen LogP contribution in [0, 0.1) is 13.8 Å². The minimum atomic E-state index is -4.42. The van der Waals surface area contributed by atoms with Gasteiger partial charge in [-0.1, -0.05) is 29.3 Å². The Morgan fingerprint density at radius 1 is 1.27 bits per heavy atom. The Bertz CT molecular complexity index is 578. The summed E-state index contributed by atoms with van der Waals surface area (Å²) in [6.07, 6.45) is -3.74. The largest absolute Gasteiger partial charge is 0.406 e. The summed E-state index contributed by atoms with van der Waals surface area (Å²) in [4.78, 5) is 13.2. The molecule has 0 saturated carbocycles. The van der Waals surface area contributed by atoms with Crippen molar-refractivity contribution >= 4 is 29.3 Å². The lowest BCUT2D eigenvalue weighted by Gasteiger charge is -2.28. The van der Waals surface area contributed by atoms with E-state index in [4.69, 9.17) is 11.6 Å². The highest BCUT2D eigenvalue weighted by molar-refractivity contribution is 8.00. The maximum absolute atomic E-state index is 12.6. The molecule has 0 heterocycles. The van der Waals surface area contributed by atoms with Crippen molar-refractivity contribution in [2.45, 2.75) is 44.8 Å². The van der Waals surface area contributed by atoms with Crippen molar-refractivity contribution in [1.29, 1.82) is 0 Å². The van der Waals surface area contributed by atoms with E-state index in [-0.39, 0.29) is 6.04 Å². The summed E-state index contributed by atoms with van der Waals surface area (Å²) >= 11 is 6.96. The number of hydrogen-bond acceptors (Lipinski definition) is 3. The minimum absolute atomic E-state index is 0.176. The van der Waals surface area contributed by atoms with E-state index in [1.54, 1.807) is 0 Å². The normalized spacial score (nSPS) is 14.2. The van der Waals surface area contributed by atoms with Crippen LogP contribution in [0.2, 0.25) is 0 Å². The van der Waals surface area contributed by atoms with Crippen LogP contribution in [0.15, 0.2) is 18.2 Å². The maximum Gasteiger partial charge on any atom is 0.406 e. The number of hydrogen-bond donors (Lipinski definition) is 1. The van der Waals surface area contributed by atoms with E-state index in [0.29, 0.717) is 18.1 Å². The van der Waals surface area contributed by atoms with Gasteiger partial charge in [-0.3, -0.25) is 10.1 Å². The van der Waals surface area contributed by atoms with Crippen molar-refractivity contribution in [2.24, 2.45) is 0 Å². The molecule has 1 aromatic rings. The lowest BCUT2D eigenvalue weighted by atomic mass is 10.0. The number of likely N-dealkylation sites (N-methyl/N-ethyl adjacent to an activating group) is 1. The lowest BCUT2D eigenvalue weighted by Crippen LogP contribution is -2.46. The lowest BCUT2D eigenvalue weighted by molar-refractivity contribution is -0.158. The second-order valence-corrected chi connectivity index (χ2v) is 8.00. The molecule has 0 spiro atoms. The third-order valence-electron chi connectivity index (χ3n) is 3.72. The van der Waals surface area contributed by atoms with Gasteiger partial charge in [-0.15, -0.1) is 23.4 Å². The Morgan fingerprint density at radius 2 is 1.85 bits per heavy atom. The molecule has 2 atom stereocenters. The molecule has 26 heavy (non-hydrogen) atoms. The van der Waals surface area contributed by atoms with Crippen molar-refractivity contribution in [3.05, 3.63) is 34.9 Å². The predicted octanol–water partition coefficient (Wildman–Crippen LogP) is 4.66. The molecule has 0 radical (unpaired) electrons. The van der Waals surface area contributed by atoms with Gasteiger partial charge in [0.15, 0.2) is 0 Å². The molecule has 148 valence electrons. The van der Waals surface area contributed by atoms with Gasteiger partial charge in [-0.25, -0.2) is 0 Å². The van der Waals surface area contributed by atoms with Crippen molar-refractivity contribution < 1.29 is 18.0 Å². The molecule has 0 aliphatic heterocycles. The number of aryl methyl sites for hydroxylation is 2. The summed E-state index contributed by atoms with van der Waals surface area (Å²) in [5, 5.41) is 2.41. The van der Waals surface area contributed by atoms with Gasteiger partial charge in [-0.05, 0) is 38.5 Å². The number of alkyl halides is 4. The van der Waals surface area contributed by atoms with Crippen LogP contribution in [0.5, 0.6) is 0 Å². The zero-order valence-corrected chi connectivity index (χ0v) is 17.1. The molecule has 0 aliphatic carbocycles. The molecular formula is C18H26ClF3N2OS. The van der Waals surface area contributed by atoms with Gasteiger partial charge in [-0.2, -0.15) is 13.2 Å². The summed E-state index contributed by atoms with van der Waals surface area (Å²) < 4.78 is 37.8. The van der Waals surface area contributed by atoms with Gasteiger partial charge in [0.1, 0.15) is 11.9 Å². The summed E-state index contributed by atoms with van der Waals surface area (Å²) in [6.45, 7) is 4.61. The number of amides is 1. The first-order valence-corrected chi connectivity index (χ1v) is 9.95. The van der Waals surface area contributed by atoms with Gasteiger partial charge in [0, 0.05) is 19.0 Å². The van der Waals surface area contributed by atoms with Crippen LogP contribution in [-0.2, 0) is 4.79 Å². The number of rotatable bonds is 9. The zero-order valence-electron chi connectivity index (χ0n) is 15.5. The monoisotopic (exact) mass is 410 g/mol. The van der Waals surface area contributed by atoms with Crippen molar-refractivity contribution in [2.75, 3.05) is 25.2 Å². The van der Waals surface area contributed by atoms with Crippen molar-refractivity contribution in [3.63, 3.8) is 0 Å². The standard InChI is InChI=1S/C18H26ClF3N2OS/c1-12-8-13(2)10-15(9-12)14(3)23-16(26-7-5-6-19)17(25)24(4)11-18(20,21)22/h8-10,14,16,23H,5-7,11H2,1-4H3. The minimum Gasteiger partial charge on any atom is -0.335 e. The topological polar surface area (TPSA) is 32.3 Å². The van der Waals surface area contributed by atoms with E-state index < -0.39 is 24.0 Å². The maximum atomic E-state index is 12.6. The number of benzene rings is 1. The Kier molecular flexibility index (Phi) is 9.27. The molecule has 2 unspecified atom stereocenters. The van der Waals surface area contributed by atoms with Crippen LogP contribution in [0.4, 0.5) is 13.2 Å². The van der Waals surface area contributed by atoms with Crippen LogP contribution in [-0.4, -0.2) is 47.6 Å². The summed E-state index contributed by atoms with van der Waals surface area (Å²) in [7, 11) is 1.17. The third kappa shape index (κ3) is 8.18. The molecule has 1 amide bonds. The highest BCUT2D eigenvalue weighted by Gasteiger charge is 2.34. The van der Waals surface area contributed by atoms with E-state index >= 15 is 0 Å². The van der Waals surface area contributed by atoms with Gasteiger partial charge in [0.25, 0.3) is 0 Å². The molecule has 0 fully saturated rings. The molecule has 0 bridgehead atoms. The van der Waals surface area contributed by atoms with E-state index in [1.807, 2.05) is 39.0 Å². The van der Waals surface area contributed by atoms with E-state index in [2.05, 4.69) is 5.32 Å². The molecule has 0 aromatic heterocycles. The SMILES string of the molecule is Cc1cc(C)cc(C(C)NC(SCCCCl)C(=O)N(C)CC(F)(F)F)c1. The highest BCUT2D eigenvalue weighted by Crippen LogP contribution is 2.23. The van der Waals surface area contributed by atoms with Crippen molar-refractivity contribution in [3.8, 4) is 0 Å². The fourth-order valence-electron chi connectivity index (χ4n) is 2.58. The molecule has 1 N–H and O–H groups in total. The van der Waals surface area contributed by atoms with Gasteiger partial charge >= 0.3 is 6.18 Å². The van der Waals surface area contributed by atoms with Gasteiger partial charge in [0.05, 0.1) is 0 Å². The molecule has 1 aromatic carbocycles. The Balaban J connectivity index is 2.89. The van der Waals surface area contributed by atoms with Crippen LogP contribution >= 0.6 is 23.4 Å². The second kappa shape index (κ2) is 10.4. The summed E-state index contributed by atoms with van der Waals surface area (Å²) in [5.74, 6) is 0.448. The van der Waals surface area contributed by atoms with Crippen LogP contribution in [0.1, 0.15) is 36.1 Å². The van der Waals surface area contributed by atoms with Crippen LogP contribution < -0.4 is 5.32 Å². The predicted molar refractivity (Wildman–Crippen MR) is 103 cm³/mol. The molecule has 8 heteroatoms.